The lowest BCUT2D eigenvalue weighted by molar-refractivity contribution is 0.215. The van der Waals surface area contributed by atoms with Crippen LogP contribution >= 0.6 is 0 Å². The fraction of sp³-hybridized carbons (Fsp3) is 0.706. The number of nitrogens with zero attached hydrogens (tertiary/aromatic N) is 6. The minimum absolute atomic E-state index is 0.403. The Hall–Kier alpha value is -1.69. The van der Waals surface area contributed by atoms with Crippen molar-refractivity contribution in [3.8, 4) is 0 Å². The van der Waals surface area contributed by atoms with Gasteiger partial charge < -0.3 is 4.90 Å². The number of anilines is 1. The Labute approximate surface area is 137 Å². The zero-order chi connectivity index (χ0) is 15.8. The van der Waals surface area contributed by atoms with Gasteiger partial charge in [0.15, 0.2) is 0 Å². The lowest BCUT2D eigenvalue weighted by atomic mass is 10.0. The minimum atomic E-state index is 0.403. The van der Waals surface area contributed by atoms with E-state index >= 15 is 0 Å². The summed E-state index contributed by atoms with van der Waals surface area (Å²) in [6.07, 6.45) is 7.00. The van der Waals surface area contributed by atoms with Crippen molar-refractivity contribution in [2.45, 2.75) is 51.5 Å². The van der Waals surface area contributed by atoms with Gasteiger partial charge in [0.25, 0.3) is 0 Å². The van der Waals surface area contributed by atoms with Crippen molar-refractivity contribution in [2.75, 3.05) is 31.1 Å². The Balaban J connectivity index is 1.65. The van der Waals surface area contributed by atoms with Crippen molar-refractivity contribution >= 4 is 11.3 Å². The van der Waals surface area contributed by atoms with Gasteiger partial charge in [-0.2, -0.15) is 9.61 Å². The van der Waals surface area contributed by atoms with Gasteiger partial charge in [0.2, 0.25) is 5.65 Å². The summed E-state index contributed by atoms with van der Waals surface area (Å²) in [5.41, 5.74) is 3.19. The van der Waals surface area contributed by atoms with E-state index in [1.54, 1.807) is 6.33 Å². The Bertz CT molecular complexity index is 673. The first-order chi connectivity index (χ1) is 11.2. The Morgan fingerprint density at radius 3 is 2.74 bits per heavy atom. The molecule has 0 spiro atoms. The topological polar surface area (TPSA) is 49.6 Å². The first-order valence-corrected chi connectivity index (χ1v) is 8.92. The van der Waals surface area contributed by atoms with Gasteiger partial charge in [-0.25, -0.2) is 0 Å². The maximum atomic E-state index is 4.64. The Kier molecular flexibility index (Phi) is 3.93. The van der Waals surface area contributed by atoms with E-state index < -0.39 is 0 Å². The molecule has 23 heavy (non-hydrogen) atoms. The van der Waals surface area contributed by atoms with Crippen LogP contribution in [0.2, 0.25) is 0 Å². The lowest BCUT2D eigenvalue weighted by Crippen LogP contribution is -2.47. The number of hydrogen-bond acceptors (Lipinski definition) is 5. The van der Waals surface area contributed by atoms with Crippen LogP contribution in [-0.2, 0) is 0 Å². The predicted octanol–water partition coefficient (Wildman–Crippen LogP) is 2.31. The molecule has 0 N–H and O–H groups in total. The molecule has 2 aliphatic heterocycles. The van der Waals surface area contributed by atoms with E-state index in [1.807, 2.05) is 4.52 Å². The fourth-order valence-corrected chi connectivity index (χ4v) is 3.92. The molecule has 0 amide bonds. The quantitative estimate of drug-likeness (QED) is 0.870. The zero-order valence-electron chi connectivity index (χ0n) is 14.1. The first kappa shape index (κ1) is 14.9. The average molecular weight is 314 g/mol. The molecule has 2 aromatic rings. The summed E-state index contributed by atoms with van der Waals surface area (Å²) in [4.78, 5) is 5.18. The summed E-state index contributed by atoms with van der Waals surface area (Å²) in [7, 11) is 0. The van der Waals surface area contributed by atoms with Crippen LogP contribution in [0.1, 0.15) is 51.1 Å². The van der Waals surface area contributed by atoms with Crippen molar-refractivity contribution in [1.82, 2.24) is 24.7 Å². The van der Waals surface area contributed by atoms with E-state index in [1.165, 1.54) is 44.5 Å². The van der Waals surface area contributed by atoms with E-state index in [0.717, 1.165) is 24.4 Å². The molecule has 6 heteroatoms. The second-order valence-corrected chi connectivity index (χ2v) is 7.19. The summed E-state index contributed by atoms with van der Waals surface area (Å²) >= 11 is 0. The van der Waals surface area contributed by atoms with Crippen LogP contribution in [-0.4, -0.2) is 56.9 Å². The lowest BCUT2D eigenvalue weighted by Gasteiger charge is -2.38. The highest BCUT2D eigenvalue weighted by molar-refractivity contribution is 5.68. The molecule has 124 valence electrons. The molecule has 0 saturated carbocycles. The molecular weight excluding hydrogens is 288 g/mol. The summed E-state index contributed by atoms with van der Waals surface area (Å²) in [5.74, 6) is 0.403. The van der Waals surface area contributed by atoms with Gasteiger partial charge in [-0.1, -0.05) is 13.8 Å². The molecule has 2 saturated heterocycles. The van der Waals surface area contributed by atoms with Crippen molar-refractivity contribution in [1.29, 1.82) is 0 Å². The molecular formula is C17H26N6. The van der Waals surface area contributed by atoms with Crippen molar-refractivity contribution < 1.29 is 0 Å². The van der Waals surface area contributed by atoms with E-state index in [9.17, 15) is 0 Å². The van der Waals surface area contributed by atoms with Crippen LogP contribution in [0.15, 0.2) is 12.4 Å². The van der Waals surface area contributed by atoms with Crippen LogP contribution < -0.4 is 4.90 Å². The van der Waals surface area contributed by atoms with E-state index in [4.69, 9.17) is 0 Å². The highest BCUT2D eigenvalue weighted by atomic mass is 15.4. The Morgan fingerprint density at radius 1 is 1.13 bits per heavy atom. The molecule has 0 aromatic carbocycles. The first-order valence-electron chi connectivity index (χ1n) is 8.92. The van der Waals surface area contributed by atoms with E-state index in [-0.39, 0.29) is 0 Å². The highest BCUT2D eigenvalue weighted by Crippen LogP contribution is 2.28. The average Bonchev–Trinajstić information content (AvgIpc) is 3.25. The molecule has 4 heterocycles. The molecule has 2 aliphatic rings. The smallest absolute Gasteiger partial charge is 0.200 e. The van der Waals surface area contributed by atoms with E-state index in [2.05, 4.69) is 45.0 Å². The van der Waals surface area contributed by atoms with Crippen LogP contribution in [0.5, 0.6) is 0 Å². The zero-order valence-corrected chi connectivity index (χ0v) is 14.1. The Morgan fingerprint density at radius 2 is 1.96 bits per heavy atom. The normalized spacial score (nSPS) is 23.3. The maximum absolute atomic E-state index is 4.64. The molecule has 0 bridgehead atoms. The van der Waals surface area contributed by atoms with Gasteiger partial charge in [-0.15, -0.1) is 10.2 Å². The third-order valence-corrected chi connectivity index (χ3v) is 5.25. The van der Waals surface area contributed by atoms with Gasteiger partial charge >= 0.3 is 0 Å². The summed E-state index contributed by atoms with van der Waals surface area (Å²) in [6.45, 7) is 9.12. The fourth-order valence-electron chi connectivity index (χ4n) is 3.92. The van der Waals surface area contributed by atoms with Crippen LogP contribution in [0.4, 0.5) is 5.69 Å². The summed E-state index contributed by atoms with van der Waals surface area (Å²) in [6, 6.07) is 2.91. The standard InChI is InChI=1S/C17H26N6/c1-13(2)15-10-16(17-19-18-12-23(17)20-15)22-9-5-6-14(11-22)21-7-3-4-8-21/h10,12-14H,3-9,11H2,1-2H3. The maximum Gasteiger partial charge on any atom is 0.200 e. The number of piperidine rings is 1. The van der Waals surface area contributed by atoms with E-state index in [0.29, 0.717) is 12.0 Å². The second kappa shape index (κ2) is 6.07. The number of aromatic nitrogens is 4. The largest absolute Gasteiger partial charge is 0.367 e. The summed E-state index contributed by atoms with van der Waals surface area (Å²) < 4.78 is 1.84. The number of likely N-dealkylation sites (tertiary alicyclic amines) is 1. The van der Waals surface area contributed by atoms with Gasteiger partial charge in [-0.05, 0) is 50.8 Å². The molecule has 1 atom stereocenters. The third-order valence-electron chi connectivity index (χ3n) is 5.25. The molecule has 6 nitrogen and oxygen atoms in total. The molecule has 0 radical (unpaired) electrons. The number of rotatable bonds is 3. The molecule has 2 fully saturated rings. The summed E-state index contributed by atoms with van der Waals surface area (Å²) in [5, 5.41) is 13.0. The number of fused-ring (bicyclic) bond motifs is 1. The van der Waals surface area contributed by atoms with Crippen molar-refractivity contribution in [3.05, 3.63) is 18.1 Å². The van der Waals surface area contributed by atoms with Crippen LogP contribution in [0, 0.1) is 0 Å². The van der Waals surface area contributed by atoms with Gasteiger partial charge in [-0.3, -0.25) is 4.90 Å². The third kappa shape index (κ3) is 2.80. The minimum Gasteiger partial charge on any atom is -0.367 e. The second-order valence-electron chi connectivity index (χ2n) is 7.19. The van der Waals surface area contributed by atoms with Gasteiger partial charge in [0.05, 0.1) is 11.4 Å². The van der Waals surface area contributed by atoms with Gasteiger partial charge in [0, 0.05) is 19.1 Å². The van der Waals surface area contributed by atoms with Gasteiger partial charge in [0.1, 0.15) is 6.33 Å². The molecule has 0 aliphatic carbocycles. The monoisotopic (exact) mass is 314 g/mol. The predicted molar refractivity (Wildman–Crippen MR) is 90.9 cm³/mol. The number of hydrogen-bond donors (Lipinski definition) is 0. The van der Waals surface area contributed by atoms with Crippen molar-refractivity contribution in [2.24, 2.45) is 0 Å². The molecule has 2 aromatic heterocycles. The molecule has 4 rings (SSSR count). The van der Waals surface area contributed by atoms with Crippen LogP contribution in [0.25, 0.3) is 5.65 Å². The molecule has 1 unspecified atom stereocenters. The van der Waals surface area contributed by atoms with Crippen LogP contribution in [0.3, 0.4) is 0 Å². The highest BCUT2D eigenvalue weighted by Gasteiger charge is 2.28. The SMILES string of the molecule is CC(C)c1cc(N2CCCC(N3CCCC3)C2)c2nncn2n1. The van der Waals surface area contributed by atoms with Crippen molar-refractivity contribution in [3.63, 3.8) is 0 Å².